The number of nitrogens with one attached hydrogen (secondary N) is 1. The smallest absolute Gasteiger partial charge is 0.274 e. The van der Waals surface area contributed by atoms with Crippen molar-refractivity contribution in [1.29, 1.82) is 0 Å². The van der Waals surface area contributed by atoms with E-state index in [1.807, 2.05) is 17.0 Å². The van der Waals surface area contributed by atoms with Gasteiger partial charge in [0.2, 0.25) is 0 Å². The molecular formula is C23H30N4O2. The minimum absolute atomic E-state index is 0.0442. The van der Waals surface area contributed by atoms with E-state index in [0.717, 1.165) is 51.3 Å². The summed E-state index contributed by atoms with van der Waals surface area (Å²) in [7, 11) is 0. The van der Waals surface area contributed by atoms with E-state index in [1.54, 1.807) is 0 Å². The summed E-state index contributed by atoms with van der Waals surface area (Å²) < 4.78 is 0. The van der Waals surface area contributed by atoms with Crippen molar-refractivity contribution in [2.45, 2.75) is 38.1 Å². The average molecular weight is 395 g/mol. The Morgan fingerprint density at radius 1 is 1.21 bits per heavy atom. The molecule has 29 heavy (non-hydrogen) atoms. The standard InChI is InChI=1S/C23H30N4O2/c28-15-19-14-26(13-17-4-2-1-3-5-17)16-23(19)8-10-27(11-9-23)22(29)21-12-20(24-25-21)18-6-7-18/h1-5,12,18-19,28H,6-11,13-16H2,(H,24,25). The molecule has 2 N–H and O–H groups in total. The molecule has 154 valence electrons. The highest BCUT2D eigenvalue weighted by Gasteiger charge is 2.48. The molecule has 1 aromatic heterocycles. The number of benzene rings is 1. The molecule has 5 rings (SSSR count). The van der Waals surface area contributed by atoms with Crippen LogP contribution < -0.4 is 0 Å². The van der Waals surface area contributed by atoms with E-state index < -0.39 is 0 Å². The number of piperidine rings is 1. The maximum Gasteiger partial charge on any atom is 0.274 e. The fraction of sp³-hybridized carbons (Fsp3) is 0.565. The molecule has 0 radical (unpaired) electrons. The minimum Gasteiger partial charge on any atom is -0.396 e. The van der Waals surface area contributed by atoms with Gasteiger partial charge in [0, 0.05) is 56.9 Å². The number of hydrogen-bond donors (Lipinski definition) is 2. The number of H-pyrrole nitrogens is 1. The Bertz CT molecular complexity index is 853. The number of carbonyl (C=O) groups is 1. The first-order valence-electron chi connectivity index (χ1n) is 10.9. The van der Waals surface area contributed by atoms with E-state index in [0.29, 0.717) is 11.6 Å². The minimum atomic E-state index is 0.0442. The second-order valence-electron chi connectivity index (χ2n) is 9.17. The molecule has 0 bridgehead atoms. The number of aromatic nitrogens is 2. The summed E-state index contributed by atoms with van der Waals surface area (Å²) in [6, 6.07) is 12.5. The van der Waals surface area contributed by atoms with Gasteiger partial charge in [-0.2, -0.15) is 5.10 Å². The predicted octanol–water partition coefficient (Wildman–Crippen LogP) is 2.63. The largest absolute Gasteiger partial charge is 0.396 e. The second kappa shape index (κ2) is 7.58. The van der Waals surface area contributed by atoms with Crippen LogP contribution in [0.25, 0.3) is 0 Å². The monoisotopic (exact) mass is 394 g/mol. The molecule has 1 unspecified atom stereocenters. The van der Waals surface area contributed by atoms with Crippen molar-refractivity contribution >= 4 is 5.91 Å². The van der Waals surface area contributed by atoms with Crippen LogP contribution in [-0.4, -0.2) is 63.8 Å². The summed E-state index contributed by atoms with van der Waals surface area (Å²) in [5, 5.41) is 17.4. The first-order chi connectivity index (χ1) is 14.2. The SMILES string of the molecule is O=C(c1cc(C2CC2)[nH]n1)N1CCC2(CC1)CN(Cc1ccccc1)CC2CO. The maximum absolute atomic E-state index is 12.9. The Hall–Kier alpha value is -2.18. The number of likely N-dealkylation sites (tertiary alicyclic amines) is 2. The molecule has 2 saturated heterocycles. The lowest BCUT2D eigenvalue weighted by molar-refractivity contribution is 0.0397. The average Bonchev–Trinajstić information content (AvgIpc) is 3.39. The van der Waals surface area contributed by atoms with Gasteiger partial charge >= 0.3 is 0 Å². The number of rotatable bonds is 5. The normalized spacial score (nSPS) is 24.3. The van der Waals surface area contributed by atoms with E-state index in [-0.39, 0.29) is 23.8 Å². The van der Waals surface area contributed by atoms with E-state index in [1.165, 1.54) is 18.4 Å². The quantitative estimate of drug-likeness (QED) is 0.818. The molecule has 1 amide bonds. The Kier molecular flexibility index (Phi) is 4.92. The summed E-state index contributed by atoms with van der Waals surface area (Å²) in [4.78, 5) is 17.3. The van der Waals surface area contributed by atoms with Crippen LogP contribution in [0.15, 0.2) is 36.4 Å². The maximum atomic E-state index is 12.9. The molecule has 1 atom stereocenters. The van der Waals surface area contributed by atoms with Crippen molar-refractivity contribution in [2.75, 3.05) is 32.8 Å². The van der Waals surface area contributed by atoms with Crippen LogP contribution in [0, 0.1) is 11.3 Å². The van der Waals surface area contributed by atoms with Crippen LogP contribution in [0.1, 0.15) is 53.3 Å². The number of amides is 1. The van der Waals surface area contributed by atoms with E-state index in [4.69, 9.17) is 0 Å². The zero-order chi connectivity index (χ0) is 19.8. The van der Waals surface area contributed by atoms with Crippen molar-refractivity contribution in [3.8, 4) is 0 Å². The van der Waals surface area contributed by atoms with Gasteiger partial charge in [-0.15, -0.1) is 0 Å². The third kappa shape index (κ3) is 3.71. The van der Waals surface area contributed by atoms with Crippen molar-refractivity contribution in [1.82, 2.24) is 20.0 Å². The lowest BCUT2D eigenvalue weighted by Crippen LogP contribution is -2.47. The lowest BCUT2D eigenvalue weighted by Gasteiger charge is -2.42. The van der Waals surface area contributed by atoms with Crippen LogP contribution in [-0.2, 0) is 6.54 Å². The highest BCUT2D eigenvalue weighted by atomic mass is 16.3. The van der Waals surface area contributed by atoms with Gasteiger partial charge in [-0.05, 0) is 42.7 Å². The number of carbonyl (C=O) groups excluding carboxylic acids is 1. The van der Waals surface area contributed by atoms with E-state index >= 15 is 0 Å². The van der Waals surface area contributed by atoms with Gasteiger partial charge in [0.15, 0.2) is 0 Å². The van der Waals surface area contributed by atoms with Crippen molar-refractivity contribution in [3.63, 3.8) is 0 Å². The molecule has 2 aliphatic heterocycles. The van der Waals surface area contributed by atoms with Gasteiger partial charge in [0.1, 0.15) is 5.69 Å². The fourth-order valence-electron chi connectivity index (χ4n) is 5.29. The number of aliphatic hydroxyl groups excluding tert-OH is 1. The van der Waals surface area contributed by atoms with Gasteiger partial charge < -0.3 is 10.0 Å². The molecule has 3 heterocycles. The van der Waals surface area contributed by atoms with Crippen molar-refractivity contribution in [3.05, 3.63) is 53.3 Å². The van der Waals surface area contributed by atoms with Gasteiger partial charge in [-0.3, -0.25) is 14.8 Å². The summed E-state index contributed by atoms with van der Waals surface area (Å²) in [6.45, 7) is 4.59. The highest BCUT2D eigenvalue weighted by Crippen LogP contribution is 2.45. The van der Waals surface area contributed by atoms with Crippen molar-refractivity contribution in [2.24, 2.45) is 11.3 Å². The van der Waals surface area contributed by atoms with Crippen molar-refractivity contribution < 1.29 is 9.90 Å². The molecule has 1 aliphatic carbocycles. The Labute approximate surface area is 171 Å². The van der Waals surface area contributed by atoms with Crippen LogP contribution in [0.4, 0.5) is 0 Å². The van der Waals surface area contributed by atoms with Gasteiger partial charge in [0.25, 0.3) is 5.91 Å². The Morgan fingerprint density at radius 2 is 1.97 bits per heavy atom. The highest BCUT2D eigenvalue weighted by molar-refractivity contribution is 5.92. The molecule has 3 aliphatic rings. The van der Waals surface area contributed by atoms with Crippen LogP contribution in [0.2, 0.25) is 0 Å². The van der Waals surface area contributed by atoms with E-state index in [2.05, 4.69) is 39.4 Å². The van der Waals surface area contributed by atoms with Crippen LogP contribution in [0.3, 0.4) is 0 Å². The molecule has 6 nitrogen and oxygen atoms in total. The second-order valence-corrected chi connectivity index (χ2v) is 9.17. The topological polar surface area (TPSA) is 72.5 Å². The van der Waals surface area contributed by atoms with Gasteiger partial charge in [0.05, 0.1) is 0 Å². The molecule has 1 saturated carbocycles. The lowest BCUT2D eigenvalue weighted by atomic mass is 9.71. The van der Waals surface area contributed by atoms with Crippen LogP contribution >= 0.6 is 0 Å². The summed E-state index contributed by atoms with van der Waals surface area (Å²) in [5.74, 6) is 0.908. The van der Waals surface area contributed by atoms with Crippen LogP contribution in [0.5, 0.6) is 0 Å². The zero-order valence-electron chi connectivity index (χ0n) is 16.9. The van der Waals surface area contributed by atoms with E-state index in [9.17, 15) is 9.90 Å². The fourth-order valence-corrected chi connectivity index (χ4v) is 5.29. The third-order valence-electron chi connectivity index (χ3n) is 7.23. The number of aromatic amines is 1. The molecular weight excluding hydrogens is 364 g/mol. The Morgan fingerprint density at radius 3 is 2.66 bits per heavy atom. The number of aliphatic hydroxyl groups is 1. The molecule has 6 heteroatoms. The molecule has 1 spiro atoms. The summed E-state index contributed by atoms with van der Waals surface area (Å²) in [6.07, 6.45) is 4.30. The first-order valence-corrected chi connectivity index (χ1v) is 10.9. The first kappa shape index (κ1) is 18.8. The van der Waals surface area contributed by atoms with Gasteiger partial charge in [-0.25, -0.2) is 0 Å². The number of nitrogens with zero attached hydrogens (tertiary/aromatic N) is 3. The summed E-state index contributed by atoms with van der Waals surface area (Å²) in [5.41, 5.74) is 3.09. The Balaban J connectivity index is 1.22. The predicted molar refractivity (Wildman–Crippen MR) is 110 cm³/mol. The summed E-state index contributed by atoms with van der Waals surface area (Å²) >= 11 is 0. The molecule has 2 aromatic rings. The van der Waals surface area contributed by atoms with Gasteiger partial charge in [-0.1, -0.05) is 30.3 Å². The third-order valence-corrected chi connectivity index (χ3v) is 7.23. The molecule has 1 aromatic carbocycles. The molecule has 3 fully saturated rings. The zero-order valence-corrected chi connectivity index (χ0v) is 16.9. The number of hydrogen-bond acceptors (Lipinski definition) is 4.